The van der Waals surface area contributed by atoms with Crippen molar-refractivity contribution in [2.45, 2.75) is 63.5 Å². The van der Waals surface area contributed by atoms with Crippen LogP contribution in [0.2, 0.25) is 0 Å². The summed E-state index contributed by atoms with van der Waals surface area (Å²) in [4.78, 5) is 12.9. The maximum Gasteiger partial charge on any atom is 0.230 e. The maximum absolute atomic E-state index is 12.9. The van der Waals surface area contributed by atoms with Crippen molar-refractivity contribution in [1.82, 2.24) is 5.32 Å². The molecule has 1 fully saturated rings. The largest absolute Gasteiger partial charge is 0.493 e. The first-order valence-corrected chi connectivity index (χ1v) is 13.4. The number of methoxy groups -OCH3 is 2. The van der Waals surface area contributed by atoms with Gasteiger partial charge in [-0.25, -0.2) is 0 Å². The van der Waals surface area contributed by atoms with E-state index in [-0.39, 0.29) is 18.4 Å². The van der Waals surface area contributed by atoms with Gasteiger partial charge in [-0.05, 0) is 60.8 Å². The van der Waals surface area contributed by atoms with Crippen molar-refractivity contribution in [3.63, 3.8) is 0 Å². The van der Waals surface area contributed by atoms with Crippen LogP contribution in [-0.2, 0) is 21.4 Å². The second-order valence-electron chi connectivity index (χ2n) is 10.5. The van der Waals surface area contributed by atoms with E-state index < -0.39 is 17.6 Å². The van der Waals surface area contributed by atoms with Crippen molar-refractivity contribution in [3.05, 3.63) is 59.7 Å². The molecule has 204 valence electrons. The van der Waals surface area contributed by atoms with Crippen LogP contribution in [0.3, 0.4) is 0 Å². The van der Waals surface area contributed by atoms with E-state index in [0.29, 0.717) is 31.3 Å². The zero-order valence-corrected chi connectivity index (χ0v) is 22.7. The molecule has 2 aromatic rings. The minimum absolute atomic E-state index is 0.0263. The third-order valence-corrected chi connectivity index (χ3v) is 7.47. The van der Waals surface area contributed by atoms with Crippen LogP contribution in [0.15, 0.2) is 48.5 Å². The number of ether oxygens (including phenoxy) is 3. The lowest BCUT2D eigenvalue weighted by molar-refractivity contribution is -0.124. The van der Waals surface area contributed by atoms with E-state index in [1.807, 2.05) is 42.5 Å². The van der Waals surface area contributed by atoms with Crippen molar-refractivity contribution in [3.8, 4) is 11.5 Å². The summed E-state index contributed by atoms with van der Waals surface area (Å²) in [6, 6.07) is 15.4. The molecule has 0 aromatic heterocycles. The number of hydrogen-bond acceptors (Lipinski definition) is 6. The third kappa shape index (κ3) is 7.94. The van der Waals surface area contributed by atoms with Crippen LogP contribution in [0.4, 0.5) is 0 Å². The summed E-state index contributed by atoms with van der Waals surface area (Å²) in [5, 5.41) is 13.7. The molecule has 0 unspecified atom stereocenters. The summed E-state index contributed by atoms with van der Waals surface area (Å²) in [7, 11) is 3.31. The molecule has 1 saturated carbocycles. The van der Waals surface area contributed by atoms with Crippen LogP contribution in [0.1, 0.15) is 50.7 Å². The Balaban J connectivity index is 1.55. The van der Waals surface area contributed by atoms with Gasteiger partial charge in [0.1, 0.15) is 0 Å². The van der Waals surface area contributed by atoms with Crippen molar-refractivity contribution in [1.29, 1.82) is 0 Å². The molecule has 0 radical (unpaired) electrons. The number of aliphatic hydroxyl groups is 1. The van der Waals surface area contributed by atoms with Crippen LogP contribution in [0.25, 0.3) is 0 Å². The molecule has 2 aromatic carbocycles. The lowest BCUT2D eigenvalue weighted by Crippen LogP contribution is -2.47. The van der Waals surface area contributed by atoms with E-state index in [4.69, 9.17) is 19.9 Å². The van der Waals surface area contributed by atoms with Crippen LogP contribution >= 0.6 is 0 Å². The topological polar surface area (TPSA) is 103 Å². The molecule has 0 spiro atoms. The van der Waals surface area contributed by atoms with Gasteiger partial charge in [0, 0.05) is 32.7 Å². The minimum Gasteiger partial charge on any atom is -0.493 e. The van der Waals surface area contributed by atoms with Crippen LogP contribution < -0.4 is 20.5 Å². The highest BCUT2D eigenvalue weighted by atomic mass is 16.5. The van der Waals surface area contributed by atoms with Crippen LogP contribution in [0.5, 0.6) is 11.5 Å². The SMILES string of the molecule is COCCCOc1cc(C[C@@H](C[C@H](N)[C@@H](O)CNC(=O)C2(c3ccccc3)CC2)C(C)C)ccc1OC. The molecule has 0 saturated heterocycles. The zero-order valence-electron chi connectivity index (χ0n) is 22.7. The molecule has 0 aliphatic heterocycles. The summed E-state index contributed by atoms with van der Waals surface area (Å²) in [6.07, 6.45) is 3.11. The highest BCUT2D eigenvalue weighted by Crippen LogP contribution is 2.48. The maximum atomic E-state index is 12.9. The summed E-state index contributed by atoms with van der Waals surface area (Å²) < 4.78 is 16.5. The highest BCUT2D eigenvalue weighted by molar-refractivity contribution is 5.91. The second kappa shape index (κ2) is 13.8. The van der Waals surface area contributed by atoms with E-state index in [1.54, 1.807) is 14.2 Å². The van der Waals surface area contributed by atoms with Crippen molar-refractivity contribution >= 4 is 5.91 Å². The molecule has 37 heavy (non-hydrogen) atoms. The molecule has 3 atom stereocenters. The number of nitrogens with two attached hydrogens (primary N) is 1. The Hall–Kier alpha value is -2.61. The molecule has 7 nitrogen and oxygen atoms in total. The molecule has 4 N–H and O–H groups in total. The number of rotatable bonds is 16. The number of amides is 1. The number of hydrogen-bond donors (Lipinski definition) is 3. The van der Waals surface area contributed by atoms with Gasteiger partial charge in [0.2, 0.25) is 5.91 Å². The smallest absolute Gasteiger partial charge is 0.230 e. The lowest BCUT2D eigenvalue weighted by Gasteiger charge is -2.28. The van der Waals surface area contributed by atoms with Gasteiger partial charge in [0.15, 0.2) is 11.5 Å². The van der Waals surface area contributed by atoms with Crippen molar-refractivity contribution in [2.75, 3.05) is 34.0 Å². The molecule has 7 heteroatoms. The fourth-order valence-corrected chi connectivity index (χ4v) is 4.79. The Kier molecular flexibility index (Phi) is 10.8. The molecule has 1 amide bonds. The average molecular weight is 513 g/mol. The van der Waals surface area contributed by atoms with Gasteiger partial charge < -0.3 is 30.4 Å². The average Bonchev–Trinajstić information content (AvgIpc) is 3.72. The number of nitrogens with one attached hydrogen (secondary N) is 1. The fraction of sp³-hybridized carbons (Fsp3) is 0.567. The Bertz CT molecular complexity index is 977. The van der Waals surface area contributed by atoms with Gasteiger partial charge in [-0.1, -0.05) is 50.2 Å². The number of carbonyl (C=O) groups is 1. The van der Waals surface area contributed by atoms with E-state index in [2.05, 4.69) is 25.2 Å². The van der Waals surface area contributed by atoms with Crippen LogP contribution in [0, 0.1) is 11.8 Å². The molecular formula is C30H44N2O5. The van der Waals surface area contributed by atoms with Gasteiger partial charge in [-0.2, -0.15) is 0 Å². The Morgan fingerprint density at radius 3 is 2.43 bits per heavy atom. The summed E-state index contributed by atoms with van der Waals surface area (Å²) in [5.41, 5.74) is 8.16. The van der Waals surface area contributed by atoms with E-state index in [0.717, 1.165) is 42.6 Å². The molecule has 0 heterocycles. The Morgan fingerprint density at radius 1 is 1.08 bits per heavy atom. The van der Waals surface area contributed by atoms with Gasteiger partial charge >= 0.3 is 0 Å². The van der Waals surface area contributed by atoms with Gasteiger partial charge in [-0.3, -0.25) is 4.79 Å². The quantitative estimate of drug-likeness (QED) is 0.295. The molecule has 0 bridgehead atoms. The van der Waals surface area contributed by atoms with Gasteiger partial charge in [0.05, 0.1) is 25.2 Å². The first-order chi connectivity index (χ1) is 17.8. The van der Waals surface area contributed by atoms with E-state index in [9.17, 15) is 9.90 Å². The van der Waals surface area contributed by atoms with Gasteiger partial charge in [-0.15, -0.1) is 0 Å². The predicted molar refractivity (Wildman–Crippen MR) is 146 cm³/mol. The predicted octanol–water partition coefficient (Wildman–Crippen LogP) is 3.85. The monoisotopic (exact) mass is 512 g/mol. The number of aliphatic hydroxyl groups excluding tert-OH is 1. The standard InChI is InChI=1S/C30H44N2O5/c1-21(2)23(17-22-11-12-27(36-4)28(18-22)37-16-8-15-35-3)19-25(31)26(33)20-32-29(34)30(13-14-30)24-9-6-5-7-10-24/h5-7,9-12,18,21,23,25-26,33H,8,13-17,19-20,31H2,1-4H3,(H,32,34)/t23-,25-,26-/m0/s1. The summed E-state index contributed by atoms with van der Waals surface area (Å²) >= 11 is 0. The number of benzene rings is 2. The summed E-state index contributed by atoms with van der Waals surface area (Å²) in [5.74, 6) is 2.02. The molecule has 1 aliphatic rings. The number of carbonyl (C=O) groups excluding carboxylic acids is 1. The van der Waals surface area contributed by atoms with Crippen molar-refractivity contribution in [2.24, 2.45) is 17.6 Å². The fourth-order valence-electron chi connectivity index (χ4n) is 4.79. The highest BCUT2D eigenvalue weighted by Gasteiger charge is 2.51. The van der Waals surface area contributed by atoms with Crippen molar-refractivity contribution < 1.29 is 24.1 Å². The minimum atomic E-state index is -0.813. The van der Waals surface area contributed by atoms with E-state index in [1.165, 1.54) is 0 Å². The summed E-state index contributed by atoms with van der Waals surface area (Å²) in [6.45, 7) is 5.70. The van der Waals surface area contributed by atoms with E-state index >= 15 is 0 Å². The Labute approximate surface area is 221 Å². The zero-order chi connectivity index (χ0) is 26.8. The normalized spacial score (nSPS) is 16.6. The first kappa shape index (κ1) is 29.0. The Morgan fingerprint density at radius 2 is 1.81 bits per heavy atom. The molecule has 1 aliphatic carbocycles. The van der Waals surface area contributed by atoms with Gasteiger partial charge in [0.25, 0.3) is 0 Å². The first-order valence-electron chi connectivity index (χ1n) is 13.4. The lowest BCUT2D eigenvalue weighted by atomic mass is 9.83. The molecular weight excluding hydrogens is 468 g/mol. The second-order valence-corrected chi connectivity index (χ2v) is 10.5. The third-order valence-electron chi connectivity index (χ3n) is 7.47. The van der Waals surface area contributed by atoms with Crippen LogP contribution in [-0.4, -0.2) is 57.1 Å². The molecule has 3 rings (SSSR count).